The lowest BCUT2D eigenvalue weighted by molar-refractivity contribution is 0.475. The van der Waals surface area contributed by atoms with Gasteiger partial charge in [-0.3, -0.25) is 0 Å². The van der Waals surface area contributed by atoms with Crippen molar-refractivity contribution in [3.63, 3.8) is 0 Å². The Labute approximate surface area is 219 Å². The van der Waals surface area contributed by atoms with Crippen molar-refractivity contribution in [2.24, 2.45) is 11.8 Å². The van der Waals surface area contributed by atoms with Crippen LogP contribution >= 0.6 is 0 Å². The fraction of sp³-hybridized carbons (Fsp3) is 0.529. The van der Waals surface area contributed by atoms with E-state index in [0.717, 1.165) is 23.2 Å². The van der Waals surface area contributed by atoms with Crippen LogP contribution in [0.1, 0.15) is 100 Å². The summed E-state index contributed by atoms with van der Waals surface area (Å²) in [6.07, 6.45) is 18.7. The number of fused-ring (bicyclic) bond motifs is 2. The van der Waals surface area contributed by atoms with Crippen LogP contribution in [0.3, 0.4) is 0 Å². The zero-order valence-corrected chi connectivity index (χ0v) is 22.6. The topological polar surface area (TPSA) is 25.8 Å². The van der Waals surface area contributed by atoms with Gasteiger partial charge in [0.05, 0.1) is 11.4 Å². The molecule has 0 saturated carbocycles. The fourth-order valence-corrected chi connectivity index (χ4v) is 6.51. The highest BCUT2D eigenvalue weighted by Gasteiger charge is 2.23. The van der Waals surface area contributed by atoms with E-state index in [4.69, 9.17) is 0 Å². The predicted octanol–water partition coefficient (Wildman–Crippen LogP) is 9.18. The van der Waals surface area contributed by atoms with Crippen LogP contribution in [0.25, 0.3) is 22.5 Å². The van der Waals surface area contributed by atoms with Gasteiger partial charge in [-0.25, -0.2) is 0 Å². The smallest absolute Gasteiger partial charge is 0.0930 e. The number of hydrogen-bond donors (Lipinski definition) is 0. The molecule has 0 aliphatic heterocycles. The van der Waals surface area contributed by atoms with Crippen molar-refractivity contribution in [3.05, 3.63) is 70.8 Å². The summed E-state index contributed by atoms with van der Waals surface area (Å²) >= 11 is 0. The summed E-state index contributed by atoms with van der Waals surface area (Å²) in [4.78, 5) is 0. The molecule has 36 heavy (non-hydrogen) atoms. The van der Waals surface area contributed by atoms with Crippen molar-refractivity contribution >= 4 is 0 Å². The Bertz CT molecular complexity index is 1040. The summed E-state index contributed by atoms with van der Waals surface area (Å²) in [5.41, 5.74) is 10.5. The molecule has 3 aromatic rings. The van der Waals surface area contributed by atoms with Crippen LogP contribution in [-0.4, -0.2) is 10.2 Å². The average molecular weight is 481 g/mol. The van der Waals surface area contributed by atoms with Gasteiger partial charge in [-0.1, -0.05) is 89.5 Å². The van der Waals surface area contributed by atoms with Crippen LogP contribution < -0.4 is 0 Å². The molecule has 2 atom stereocenters. The molecular weight excluding hydrogens is 436 g/mol. The minimum atomic E-state index is 0.830. The van der Waals surface area contributed by atoms with Gasteiger partial charge < -0.3 is 0 Å². The van der Waals surface area contributed by atoms with E-state index in [1.54, 1.807) is 11.1 Å². The van der Waals surface area contributed by atoms with Crippen LogP contribution in [0.15, 0.2) is 48.5 Å². The van der Waals surface area contributed by atoms with E-state index in [1.807, 2.05) is 0 Å². The molecule has 190 valence electrons. The quantitative estimate of drug-likeness (QED) is 0.241. The molecule has 5 rings (SSSR count). The maximum atomic E-state index is 4.66. The zero-order valence-electron chi connectivity index (χ0n) is 22.6. The predicted molar refractivity (Wildman–Crippen MR) is 152 cm³/mol. The molecule has 1 aromatic heterocycles. The molecule has 1 heterocycles. The van der Waals surface area contributed by atoms with E-state index in [-0.39, 0.29) is 0 Å². The zero-order chi connectivity index (χ0) is 24.7. The van der Waals surface area contributed by atoms with Gasteiger partial charge >= 0.3 is 0 Å². The van der Waals surface area contributed by atoms with Gasteiger partial charge in [0, 0.05) is 11.1 Å². The standard InChI is InChI=1S/C34H44N2/c1-3-5-7-9-11-25-19-27-13-15-29(23-31(27)21-25)33-17-18-34(36-35-33)30-16-14-28-20-26(22-32(28)24-30)12-10-8-6-4-2/h13-18,23-26H,3-12,19-22H2,1-2H3. The second-order valence-corrected chi connectivity index (χ2v) is 11.5. The Morgan fingerprint density at radius 2 is 0.972 bits per heavy atom. The molecule has 2 nitrogen and oxygen atoms in total. The third-order valence-corrected chi connectivity index (χ3v) is 8.63. The van der Waals surface area contributed by atoms with Crippen molar-refractivity contribution in [1.82, 2.24) is 10.2 Å². The summed E-state index contributed by atoms with van der Waals surface area (Å²) in [6.45, 7) is 4.58. The van der Waals surface area contributed by atoms with Crippen molar-refractivity contribution in [3.8, 4) is 22.5 Å². The molecular formula is C34H44N2. The van der Waals surface area contributed by atoms with E-state index < -0.39 is 0 Å². The van der Waals surface area contributed by atoms with Gasteiger partial charge in [-0.05, 0) is 96.9 Å². The average Bonchev–Trinajstić information content (AvgIpc) is 3.51. The minimum Gasteiger partial charge on any atom is -0.150 e. The van der Waals surface area contributed by atoms with Crippen molar-refractivity contribution in [1.29, 1.82) is 0 Å². The van der Waals surface area contributed by atoms with Crippen molar-refractivity contribution in [2.75, 3.05) is 0 Å². The summed E-state index contributed by atoms with van der Waals surface area (Å²) in [5.74, 6) is 1.66. The number of aromatic nitrogens is 2. The highest BCUT2D eigenvalue weighted by atomic mass is 15.1. The molecule has 2 heteroatoms. The Hall–Kier alpha value is -2.48. The van der Waals surface area contributed by atoms with Gasteiger partial charge in [0.2, 0.25) is 0 Å². The van der Waals surface area contributed by atoms with Crippen LogP contribution in [0.4, 0.5) is 0 Å². The Balaban J connectivity index is 1.20. The molecule has 0 saturated heterocycles. The molecule has 2 aliphatic rings. The maximum Gasteiger partial charge on any atom is 0.0930 e. The van der Waals surface area contributed by atoms with Crippen LogP contribution in [-0.2, 0) is 25.7 Å². The first-order valence-corrected chi connectivity index (χ1v) is 14.8. The molecule has 0 N–H and O–H groups in total. The Morgan fingerprint density at radius 1 is 0.528 bits per heavy atom. The lowest BCUT2D eigenvalue weighted by atomic mass is 9.98. The lowest BCUT2D eigenvalue weighted by Crippen LogP contribution is -1.99. The normalized spacial score (nSPS) is 18.4. The molecule has 0 radical (unpaired) electrons. The van der Waals surface area contributed by atoms with Crippen LogP contribution in [0, 0.1) is 11.8 Å². The molecule has 0 fully saturated rings. The monoisotopic (exact) mass is 480 g/mol. The molecule has 0 bridgehead atoms. The Kier molecular flexibility index (Phi) is 8.51. The highest BCUT2D eigenvalue weighted by Crippen LogP contribution is 2.35. The van der Waals surface area contributed by atoms with Gasteiger partial charge in [0.25, 0.3) is 0 Å². The summed E-state index contributed by atoms with van der Waals surface area (Å²) in [6, 6.07) is 18.2. The minimum absolute atomic E-state index is 0.830. The first kappa shape index (κ1) is 25.2. The highest BCUT2D eigenvalue weighted by molar-refractivity contribution is 5.66. The SMILES string of the molecule is CCCCCCC1Cc2ccc(-c3ccc(-c4ccc5c(c4)CC(CCCCCC)C5)nn3)cc2C1. The van der Waals surface area contributed by atoms with Gasteiger partial charge in [0.1, 0.15) is 0 Å². The van der Waals surface area contributed by atoms with E-state index in [1.165, 1.54) is 112 Å². The van der Waals surface area contributed by atoms with E-state index >= 15 is 0 Å². The van der Waals surface area contributed by atoms with Crippen LogP contribution in [0.2, 0.25) is 0 Å². The first-order valence-electron chi connectivity index (χ1n) is 14.8. The van der Waals surface area contributed by atoms with Crippen molar-refractivity contribution < 1.29 is 0 Å². The molecule has 2 unspecified atom stereocenters. The second kappa shape index (κ2) is 12.2. The Morgan fingerprint density at radius 3 is 1.39 bits per heavy atom. The second-order valence-electron chi connectivity index (χ2n) is 11.5. The number of benzene rings is 2. The van der Waals surface area contributed by atoms with Gasteiger partial charge in [0.15, 0.2) is 0 Å². The summed E-state index contributed by atoms with van der Waals surface area (Å²) in [7, 11) is 0. The van der Waals surface area contributed by atoms with E-state index in [0.29, 0.717) is 0 Å². The molecule has 2 aliphatic carbocycles. The molecule has 0 amide bonds. The number of unbranched alkanes of at least 4 members (excludes halogenated alkanes) is 6. The van der Waals surface area contributed by atoms with Crippen molar-refractivity contribution in [2.45, 2.75) is 104 Å². The number of hydrogen-bond acceptors (Lipinski definition) is 2. The molecule has 2 aromatic carbocycles. The molecule has 0 spiro atoms. The van der Waals surface area contributed by atoms with E-state index in [9.17, 15) is 0 Å². The fourth-order valence-electron chi connectivity index (χ4n) is 6.51. The number of nitrogens with zero attached hydrogens (tertiary/aromatic N) is 2. The van der Waals surface area contributed by atoms with E-state index in [2.05, 4.69) is 72.6 Å². The third kappa shape index (κ3) is 6.07. The third-order valence-electron chi connectivity index (χ3n) is 8.63. The first-order chi connectivity index (χ1) is 17.7. The number of rotatable bonds is 12. The van der Waals surface area contributed by atoms with Gasteiger partial charge in [-0.15, -0.1) is 10.2 Å². The summed E-state index contributed by atoms with van der Waals surface area (Å²) in [5, 5.41) is 9.31. The summed E-state index contributed by atoms with van der Waals surface area (Å²) < 4.78 is 0. The lowest BCUT2D eigenvalue weighted by Gasteiger charge is -2.08. The largest absolute Gasteiger partial charge is 0.150 e. The van der Waals surface area contributed by atoms with Gasteiger partial charge in [-0.2, -0.15) is 0 Å². The van der Waals surface area contributed by atoms with Crippen LogP contribution in [0.5, 0.6) is 0 Å². The maximum absolute atomic E-state index is 4.66.